The second kappa shape index (κ2) is 7.03. The lowest BCUT2D eigenvalue weighted by Crippen LogP contribution is -2.59. The second-order valence-corrected chi connectivity index (χ2v) is 5.33. The Morgan fingerprint density at radius 2 is 1.94 bits per heavy atom. The van der Waals surface area contributed by atoms with Crippen LogP contribution in [0.5, 0.6) is 0 Å². The molecule has 2 unspecified atom stereocenters. The van der Waals surface area contributed by atoms with Gasteiger partial charge in [0.25, 0.3) is 0 Å². The van der Waals surface area contributed by atoms with Gasteiger partial charge in [-0.2, -0.15) is 0 Å². The topological polar surface area (TPSA) is 29.3 Å². The summed E-state index contributed by atoms with van der Waals surface area (Å²) in [6.45, 7) is 8.94. The maximum atomic E-state index is 6.42. The summed E-state index contributed by atoms with van der Waals surface area (Å²) in [7, 11) is 0. The van der Waals surface area contributed by atoms with Crippen molar-refractivity contribution in [2.75, 3.05) is 13.1 Å². The predicted octanol–water partition coefficient (Wildman–Crippen LogP) is 2.77. The van der Waals surface area contributed by atoms with Gasteiger partial charge in [-0.05, 0) is 52.6 Å². The Hall–Kier alpha value is -0.520. The van der Waals surface area contributed by atoms with Crippen molar-refractivity contribution >= 4 is 0 Å². The molecular formula is C15H28N2. The zero-order valence-electron chi connectivity index (χ0n) is 11.8. The molecule has 2 heteroatoms. The van der Waals surface area contributed by atoms with E-state index in [-0.39, 0.29) is 11.6 Å². The van der Waals surface area contributed by atoms with Crippen LogP contribution in [0.2, 0.25) is 0 Å². The van der Waals surface area contributed by atoms with Crippen LogP contribution in [0.4, 0.5) is 0 Å². The summed E-state index contributed by atoms with van der Waals surface area (Å²) in [5, 5.41) is 0. The van der Waals surface area contributed by atoms with Crippen molar-refractivity contribution in [2.24, 2.45) is 5.73 Å². The molecule has 1 aliphatic rings. The largest absolute Gasteiger partial charge is 0.326 e. The quantitative estimate of drug-likeness (QED) is 0.744. The molecule has 2 nitrogen and oxygen atoms in total. The summed E-state index contributed by atoms with van der Waals surface area (Å²) in [6, 6.07) is 0.242. The molecule has 2 atom stereocenters. The minimum atomic E-state index is 0.163. The first-order chi connectivity index (χ1) is 8.15. The average molecular weight is 236 g/mol. The van der Waals surface area contributed by atoms with Gasteiger partial charge in [-0.15, -0.1) is 11.8 Å². The molecule has 0 aromatic rings. The van der Waals surface area contributed by atoms with Gasteiger partial charge in [0, 0.05) is 18.0 Å². The number of nitrogens with zero attached hydrogens (tertiary/aromatic N) is 1. The molecule has 98 valence electrons. The molecule has 0 aliphatic carbocycles. The lowest BCUT2D eigenvalue weighted by molar-refractivity contribution is 0.0526. The molecule has 0 aromatic carbocycles. The number of hydrogen-bond donors (Lipinski definition) is 1. The first kappa shape index (κ1) is 14.5. The fraction of sp³-hybridized carbons (Fsp3) is 0.867. The molecule has 17 heavy (non-hydrogen) atoms. The molecule has 1 aliphatic heterocycles. The molecule has 0 bridgehead atoms. The van der Waals surface area contributed by atoms with Gasteiger partial charge in [0.2, 0.25) is 0 Å². The third kappa shape index (κ3) is 3.72. The van der Waals surface area contributed by atoms with E-state index < -0.39 is 0 Å². The standard InChI is InChI=1S/C15H28N2/c1-4-6-8-11-14(16)15(3,5-2)17-12-9-7-10-13-17/h14H,5,7-13,16H2,1-3H3. The van der Waals surface area contributed by atoms with Crippen LogP contribution >= 0.6 is 0 Å². The maximum Gasteiger partial charge on any atom is 0.0329 e. The van der Waals surface area contributed by atoms with Crippen LogP contribution in [-0.2, 0) is 0 Å². The highest BCUT2D eigenvalue weighted by Crippen LogP contribution is 2.28. The van der Waals surface area contributed by atoms with Gasteiger partial charge in [-0.25, -0.2) is 0 Å². The summed E-state index contributed by atoms with van der Waals surface area (Å²) in [4.78, 5) is 2.61. The number of hydrogen-bond acceptors (Lipinski definition) is 2. The lowest BCUT2D eigenvalue weighted by atomic mass is 9.84. The molecule has 2 N–H and O–H groups in total. The van der Waals surface area contributed by atoms with E-state index in [0.717, 1.165) is 19.3 Å². The summed E-state index contributed by atoms with van der Waals surface area (Å²) in [5.41, 5.74) is 6.59. The Morgan fingerprint density at radius 3 is 2.47 bits per heavy atom. The summed E-state index contributed by atoms with van der Waals surface area (Å²) in [6.07, 6.45) is 7.12. The normalized spacial score (nSPS) is 22.4. The number of likely N-dealkylation sites (tertiary alicyclic amines) is 1. The highest BCUT2D eigenvalue weighted by atomic mass is 15.2. The fourth-order valence-corrected chi connectivity index (χ4v) is 2.79. The van der Waals surface area contributed by atoms with Crippen molar-refractivity contribution in [1.82, 2.24) is 4.90 Å². The highest BCUT2D eigenvalue weighted by molar-refractivity contribution is 5.00. The molecule has 0 saturated carbocycles. The Morgan fingerprint density at radius 1 is 1.29 bits per heavy atom. The van der Waals surface area contributed by atoms with E-state index in [1.54, 1.807) is 0 Å². The summed E-state index contributed by atoms with van der Waals surface area (Å²) in [5.74, 6) is 6.08. The van der Waals surface area contributed by atoms with E-state index in [1.807, 2.05) is 6.92 Å². The third-order valence-corrected chi connectivity index (χ3v) is 4.35. The van der Waals surface area contributed by atoms with E-state index >= 15 is 0 Å². The van der Waals surface area contributed by atoms with Gasteiger partial charge in [0.05, 0.1) is 0 Å². The van der Waals surface area contributed by atoms with Crippen molar-refractivity contribution in [2.45, 2.75) is 70.9 Å². The first-order valence-electron chi connectivity index (χ1n) is 7.05. The third-order valence-electron chi connectivity index (χ3n) is 4.35. The van der Waals surface area contributed by atoms with E-state index in [2.05, 4.69) is 30.6 Å². The van der Waals surface area contributed by atoms with E-state index in [1.165, 1.54) is 32.4 Å². The summed E-state index contributed by atoms with van der Waals surface area (Å²) >= 11 is 0. The van der Waals surface area contributed by atoms with Crippen molar-refractivity contribution in [3.05, 3.63) is 0 Å². The monoisotopic (exact) mass is 236 g/mol. The van der Waals surface area contributed by atoms with Gasteiger partial charge in [0.1, 0.15) is 0 Å². The first-order valence-corrected chi connectivity index (χ1v) is 7.05. The molecule has 1 fully saturated rings. The van der Waals surface area contributed by atoms with Gasteiger partial charge in [-0.1, -0.05) is 13.3 Å². The molecule has 1 rings (SSSR count). The number of nitrogens with two attached hydrogens (primary N) is 1. The highest BCUT2D eigenvalue weighted by Gasteiger charge is 2.36. The average Bonchev–Trinajstić information content (AvgIpc) is 2.39. The van der Waals surface area contributed by atoms with Gasteiger partial charge in [-0.3, -0.25) is 4.90 Å². The van der Waals surface area contributed by atoms with E-state index in [4.69, 9.17) is 5.73 Å². The molecular weight excluding hydrogens is 208 g/mol. The van der Waals surface area contributed by atoms with Crippen LogP contribution in [0.1, 0.15) is 59.3 Å². The Labute approximate surface area is 107 Å². The smallest absolute Gasteiger partial charge is 0.0329 e. The van der Waals surface area contributed by atoms with Crippen molar-refractivity contribution in [3.63, 3.8) is 0 Å². The zero-order valence-corrected chi connectivity index (χ0v) is 11.8. The molecule has 0 amide bonds. The molecule has 0 spiro atoms. The fourth-order valence-electron chi connectivity index (χ4n) is 2.79. The van der Waals surface area contributed by atoms with Gasteiger partial charge < -0.3 is 5.73 Å². The summed E-state index contributed by atoms with van der Waals surface area (Å²) < 4.78 is 0. The van der Waals surface area contributed by atoms with E-state index in [0.29, 0.717) is 0 Å². The van der Waals surface area contributed by atoms with Crippen molar-refractivity contribution < 1.29 is 0 Å². The van der Waals surface area contributed by atoms with Gasteiger partial charge >= 0.3 is 0 Å². The second-order valence-electron chi connectivity index (χ2n) is 5.33. The molecule has 1 heterocycles. The molecule has 1 saturated heterocycles. The molecule has 0 radical (unpaired) electrons. The SMILES string of the molecule is CC#CCCC(N)C(C)(CC)N1CCCCC1. The molecule has 0 aromatic heterocycles. The number of piperidine rings is 1. The number of rotatable bonds is 5. The van der Waals surface area contributed by atoms with Gasteiger partial charge in [0.15, 0.2) is 0 Å². The van der Waals surface area contributed by atoms with E-state index in [9.17, 15) is 0 Å². The minimum Gasteiger partial charge on any atom is -0.326 e. The Bertz CT molecular complexity index is 270. The minimum absolute atomic E-state index is 0.163. The van der Waals surface area contributed by atoms with Crippen LogP contribution in [0.25, 0.3) is 0 Å². The van der Waals surface area contributed by atoms with Crippen molar-refractivity contribution in [3.8, 4) is 11.8 Å². The van der Waals surface area contributed by atoms with Crippen LogP contribution < -0.4 is 5.73 Å². The van der Waals surface area contributed by atoms with Crippen LogP contribution in [0.3, 0.4) is 0 Å². The lowest BCUT2D eigenvalue weighted by Gasteiger charge is -2.46. The van der Waals surface area contributed by atoms with Crippen LogP contribution in [-0.4, -0.2) is 29.6 Å². The van der Waals surface area contributed by atoms with Crippen molar-refractivity contribution in [1.29, 1.82) is 0 Å². The van der Waals surface area contributed by atoms with Crippen LogP contribution in [0.15, 0.2) is 0 Å². The zero-order chi connectivity index (χ0) is 12.7. The van der Waals surface area contributed by atoms with Crippen LogP contribution in [0, 0.1) is 11.8 Å². The maximum absolute atomic E-state index is 6.42. The Balaban J connectivity index is 2.60. The predicted molar refractivity (Wildman–Crippen MR) is 74.8 cm³/mol. The Kier molecular flexibility index (Phi) is 6.02.